The molecule has 2 aliphatic heterocycles. The fourth-order valence-corrected chi connectivity index (χ4v) is 6.07. The molecule has 12 nitrogen and oxygen atoms in total. The van der Waals surface area contributed by atoms with Crippen molar-refractivity contribution in [3.05, 3.63) is 71.4 Å². The number of likely N-dealkylation sites (tertiary alicyclic amines) is 1. The molecule has 0 saturated carbocycles. The van der Waals surface area contributed by atoms with Gasteiger partial charge in [0.25, 0.3) is 0 Å². The Morgan fingerprint density at radius 1 is 1.00 bits per heavy atom. The fraction of sp³-hybridized carbons (Fsp3) is 0.375. The average Bonchev–Trinajstić information content (AvgIpc) is 3.77. The highest BCUT2D eigenvalue weighted by molar-refractivity contribution is 5.93. The van der Waals surface area contributed by atoms with E-state index in [2.05, 4.69) is 15.6 Å². The highest BCUT2D eigenvalue weighted by Crippen LogP contribution is 2.44. The van der Waals surface area contributed by atoms with Crippen molar-refractivity contribution in [1.82, 2.24) is 15.5 Å². The van der Waals surface area contributed by atoms with E-state index in [9.17, 15) is 29.1 Å². The number of nitrogens with two attached hydrogens (primary N) is 1. The molecule has 0 radical (unpaired) electrons. The molecule has 0 bridgehead atoms. The molecule has 5 N–H and O–H groups in total. The number of carboxylic acid groups (broad SMARTS) is 1. The van der Waals surface area contributed by atoms with Crippen LogP contribution < -0.4 is 16.4 Å². The maximum atomic E-state index is 13.6. The number of nitrogens with one attached hydrogen (secondary N) is 2. The highest BCUT2D eigenvalue weighted by Gasteiger charge is 2.38. The number of fused-ring (bicyclic) bond motifs is 3. The molecule has 0 spiro atoms. The summed E-state index contributed by atoms with van der Waals surface area (Å²) in [5.74, 6) is -3.29. The summed E-state index contributed by atoms with van der Waals surface area (Å²) in [4.78, 5) is 68.6. The number of carbonyl (C=O) groups excluding carboxylic acids is 4. The first kappa shape index (κ1) is 30.5. The first-order valence-electron chi connectivity index (χ1n) is 14.7. The van der Waals surface area contributed by atoms with Gasteiger partial charge in [0.1, 0.15) is 24.7 Å². The fourth-order valence-electron chi connectivity index (χ4n) is 6.07. The lowest BCUT2D eigenvalue weighted by molar-refractivity contribution is -0.149. The van der Waals surface area contributed by atoms with Gasteiger partial charge in [0, 0.05) is 37.7 Å². The molecular weight excluding hydrogens is 566 g/mol. The predicted octanol–water partition coefficient (Wildman–Crippen LogP) is 2.47. The number of rotatable bonds is 12. The number of aliphatic imine (C=N–C) groups is 1. The maximum absolute atomic E-state index is 13.6. The van der Waals surface area contributed by atoms with Crippen LogP contribution >= 0.6 is 0 Å². The number of primary amides is 1. The Morgan fingerprint density at radius 3 is 2.30 bits per heavy atom. The number of nitrogens with zero attached hydrogens (tertiary/aromatic N) is 2. The van der Waals surface area contributed by atoms with Gasteiger partial charge < -0.3 is 31.1 Å². The minimum atomic E-state index is -1.21. The van der Waals surface area contributed by atoms with Crippen LogP contribution in [0, 0.1) is 0 Å². The van der Waals surface area contributed by atoms with Crippen LogP contribution in [0.15, 0.2) is 65.3 Å². The largest absolute Gasteiger partial charge is 0.480 e. The number of aliphatic carboxylic acids is 1. The third kappa shape index (κ3) is 6.80. The van der Waals surface area contributed by atoms with Gasteiger partial charge >= 0.3 is 12.1 Å². The standard InChI is InChI=1S/C32H35N5O7/c33-28(38)12-11-25(30(40)37-15-5-10-27(37)31(41)42)35-29(39)26(16-19-13-14-34-17-19)36-32(43)44-18-24-22-8-3-1-6-20(22)21-7-2-4-9-23(21)24/h1-4,6-9,14,17,24-27H,5,10-13,15-16,18H2,(H2,33,38)(H,35,39)(H,36,43)(H,41,42)/t25-,26-,27?/m0/s1. The van der Waals surface area contributed by atoms with Crippen molar-refractivity contribution in [1.29, 1.82) is 0 Å². The topological polar surface area (TPSA) is 180 Å². The van der Waals surface area contributed by atoms with Crippen LogP contribution in [0.5, 0.6) is 0 Å². The zero-order valence-corrected chi connectivity index (χ0v) is 24.1. The van der Waals surface area contributed by atoms with Gasteiger partial charge in [-0.3, -0.25) is 19.4 Å². The minimum Gasteiger partial charge on any atom is -0.480 e. The number of hydrogen-bond acceptors (Lipinski definition) is 7. The second-order valence-electron chi connectivity index (χ2n) is 11.1. The number of hydrogen-bond donors (Lipinski definition) is 4. The summed E-state index contributed by atoms with van der Waals surface area (Å²) < 4.78 is 5.66. The van der Waals surface area contributed by atoms with Crippen LogP contribution in [0.4, 0.5) is 4.79 Å². The maximum Gasteiger partial charge on any atom is 0.407 e. The molecule has 12 heteroatoms. The number of carboxylic acids is 1. The first-order valence-corrected chi connectivity index (χ1v) is 14.7. The highest BCUT2D eigenvalue weighted by atomic mass is 16.5. The summed E-state index contributed by atoms with van der Waals surface area (Å²) >= 11 is 0. The van der Waals surface area contributed by atoms with E-state index in [4.69, 9.17) is 10.5 Å². The molecule has 1 aliphatic carbocycles. The van der Waals surface area contributed by atoms with Gasteiger partial charge in [0.15, 0.2) is 0 Å². The van der Waals surface area contributed by atoms with Gasteiger partial charge in [-0.05, 0) is 53.5 Å². The van der Waals surface area contributed by atoms with E-state index in [1.54, 1.807) is 12.4 Å². The summed E-state index contributed by atoms with van der Waals surface area (Å²) in [6.45, 7) is 0.260. The summed E-state index contributed by atoms with van der Waals surface area (Å²) in [6.07, 6.45) is 3.54. The molecule has 3 atom stereocenters. The Bertz CT molecular complexity index is 1470. The van der Waals surface area contributed by atoms with Crippen molar-refractivity contribution in [3.8, 4) is 11.1 Å². The average molecular weight is 602 g/mol. The Balaban J connectivity index is 1.28. The van der Waals surface area contributed by atoms with E-state index < -0.39 is 47.9 Å². The lowest BCUT2D eigenvalue weighted by atomic mass is 9.98. The van der Waals surface area contributed by atoms with Gasteiger partial charge in [0.2, 0.25) is 17.7 Å². The third-order valence-corrected chi connectivity index (χ3v) is 8.25. The predicted molar refractivity (Wildman–Crippen MR) is 161 cm³/mol. The second kappa shape index (κ2) is 13.5. The van der Waals surface area contributed by atoms with E-state index in [-0.39, 0.29) is 44.8 Å². The van der Waals surface area contributed by atoms with Crippen LogP contribution in [0.1, 0.15) is 55.6 Å². The summed E-state index contributed by atoms with van der Waals surface area (Å²) in [7, 11) is 0. The summed E-state index contributed by atoms with van der Waals surface area (Å²) in [5.41, 5.74) is 10.3. The van der Waals surface area contributed by atoms with Gasteiger partial charge in [-0.25, -0.2) is 9.59 Å². The molecule has 4 amide bonds. The monoisotopic (exact) mass is 601 g/mol. The Hall–Kier alpha value is -5.00. The quantitative estimate of drug-likeness (QED) is 0.288. The lowest BCUT2D eigenvalue weighted by Gasteiger charge is -2.28. The Labute approximate surface area is 254 Å². The molecular formula is C32H35N5O7. The normalized spacial score (nSPS) is 18.1. The van der Waals surface area contributed by atoms with Crippen molar-refractivity contribution in [2.45, 2.75) is 62.6 Å². The summed E-state index contributed by atoms with van der Waals surface area (Å²) in [6, 6.07) is 12.5. The molecule has 2 aromatic rings. The van der Waals surface area contributed by atoms with Crippen LogP contribution in [0.3, 0.4) is 0 Å². The second-order valence-corrected chi connectivity index (χ2v) is 11.1. The SMILES string of the molecule is NC(=O)CC[C@H](NC(=O)[C@H](CC1=CN=CC1)NC(=O)OCC1c2ccccc2-c2ccccc21)C(=O)N1CCCC1C(=O)O. The van der Waals surface area contributed by atoms with E-state index in [0.717, 1.165) is 27.8 Å². The number of ether oxygens (including phenoxy) is 1. The zero-order chi connectivity index (χ0) is 31.2. The van der Waals surface area contributed by atoms with Gasteiger partial charge in [-0.2, -0.15) is 0 Å². The minimum absolute atomic E-state index is 0.0469. The van der Waals surface area contributed by atoms with Gasteiger partial charge in [-0.15, -0.1) is 0 Å². The number of amides is 4. The molecule has 0 aromatic heterocycles. The Morgan fingerprint density at radius 2 is 1.68 bits per heavy atom. The molecule has 44 heavy (non-hydrogen) atoms. The van der Waals surface area contributed by atoms with E-state index >= 15 is 0 Å². The molecule has 5 rings (SSSR count). The number of alkyl carbamates (subject to hydrolysis) is 1. The van der Waals surface area contributed by atoms with Crippen LogP contribution in [-0.4, -0.2) is 77.3 Å². The zero-order valence-electron chi connectivity index (χ0n) is 24.1. The van der Waals surface area contributed by atoms with Crippen LogP contribution in [0.2, 0.25) is 0 Å². The molecule has 1 saturated heterocycles. The van der Waals surface area contributed by atoms with Crippen molar-refractivity contribution in [2.75, 3.05) is 13.2 Å². The van der Waals surface area contributed by atoms with Crippen molar-refractivity contribution >= 4 is 36.0 Å². The Kier molecular flexibility index (Phi) is 9.37. The number of carbonyl (C=O) groups is 5. The molecule has 3 aliphatic rings. The van der Waals surface area contributed by atoms with Crippen LogP contribution in [-0.2, 0) is 23.9 Å². The summed E-state index contributed by atoms with van der Waals surface area (Å²) in [5, 5.41) is 14.8. The first-order chi connectivity index (χ1) is 21.2. The smallest absolute Gasteiger partial charge is 0.407 e. The molecule has 2 heterocycles. The molecule has 2 aromatic carbocycles. The molecule has 1 fully saturated rings. The van der Waals surface area contributed by atoms with Crippen molar-refractivity contribution in [3.63, 3.8) is 0 Å². The lowest BCUT2D eigenvalue weighted by Crippen LogP contribution is -2.56. The van der Waals surface area contributed by atoms with Gasteiger partial charge in [0.05, 0.1) is 0 Å². The molecule has 1 unspecified atom stereocenters. The van der Waals surface area contributed by atoms with Crippen molar-refractivity contribution < 1.29 is 33.8 Å². The van der Waals surface area contributed by atoms with E-state index in [1.165, 1.54) is 4.90 Å². The van der Waals surface area contributed by atoms with E-state index in [1.807, 2.05) is 48.5 Å². The molecule has 230 valence electrons. The van der Waals surface area contributed by atoms with Gasteiger partial charge in [-0.1, -0.05) is 48.5 Å². The third-order valence-electron chi connectivity index (χ3n) is 8.25. The van der Waals surface area contributed by atoms with Crippen LogP contribution in [0.25, 0.3) is 11.1 Å². The van der Waals surface area contributed by atoms with Crippen molar-refractivity contribution in [2.24, 2.45) is 10.7 Å². The number of benzene rings is 2. The van der Waals surface area contributed by atoms with E-state index in [0.29, 0.717) is 12.8 Å².